The van der Waals surface area contributed by atoms with E-state index < -0.39 is 10.0 Å². The Kier molecular flexibility index (Phi) is 4.99. The third kappa shape index (κ3) is 3.35. The average molecular weight is 412 g/mol. The minimum absolute atomic E-state index is 0.0664. The highest BCUT2D eigenvalue weighted by atomic mass is 32.2. The molecule has 1 atom stereocenters. The van der Waals surface area contributed by atoms with Crippen LogP contribution in [0.25, 0.3) is 0 Å². The molecule has 1 amide bonds. The summed E-state index contributed by atoms with van der Waals surface area (Å²) in [6, 6.07) is 0. The normalized spacial score (nSPS) is 26.7. The van der Waals surface area contributed by atoms with E-state index in [-0.39, 0.29) is 28.9 Å². The molecule has 0 aromatic carbocycles. The van der Waals surface area contributed by atoms with Crippen LogP contribution in [0.5, 0.6) is 0 Å². The summed E-state index contributed by atoms with van der Waals surface area (Å²) in [6.45, 7) is 7.17. The maximum Gasteiger partial charge on any atom is 0.231 e. The van der Waals surface area contributed by atoms with Crippen LogP contribution in [0, 0.1) is 18.3 Å². The van der Waals surface area contributed by atoms with E-state index in [4.69, 9.17) is 4.52 Å². The Morgan fingerprint density at radius 1 is 1.25 bits per heavy atom. The van der Waals surface area contributed by atoms with Crippen LogP contribution in [0.3, 0.4) is 0 Å². The number of nitrogens with zero attached hydrogens (tertiary/aromatic N) is 5. The first-order valence-corrected chi connectivity index (χ1v) is 11.6. The van der Waals surface area contributed by atoms with Gasteiger partial charge in [-0.25, -0.2) is 12.7 Å². The minimum atomic E-state index is -3.31. The van der Waals surface area contributed by atoms with E-state index in [1.165, 1.54) is 4.31 Å². The lowest BCUT2D eigenvalue weighted by Crippen LogP contribution is -2.63. The van der Waals surface area contributed by atoms with Gasteiger partial charge in [-0.3, -0.25) is 4.79 Å². The number of aryl methyl sites for hydroxylation is 1. The molecule has 156 valence electrons. The number of aromatic nitrogens is 2. The Morgan fingerprint density at radius 3 is 2.50 bits per heavy atom. The first kappa shape index (κ1) is 19.8. The molecule has 0 aliphatic carbocycles. The van der Waals surface area contributed by atoms with Gasteiger partial charge in [-0.1, -0.05) is 5.16 Å². The van der Waals surface area contributed by atoms with Crippen LogP contribution in [-0.4, -0.2) is 90.6 Å². The number of hydrogen-bond donors (Lipinski definition) is 0. The van der Waals surface area contributed by atoms with Crippen molar-refractivity contribution in [2.24, 2.45) is 11.3 Å². The van der Waals surface area contributed by atoms with Crippen molar-refractivity contribution >= 4 is 15.9 Å². The lowest BCUT2D eigenvalue weighted by Gasteiger charge is -2.51. The topological polar surface area (TPSA) is 99.9 Å². The van der Waals surface area contributed by atoms with E-state index in [0.717, 1.165) is 25.9 Å². The Hall–Kier alpha value is -1.52. The van der Waals surface area contributed by atoms with E-state index in [1.54, 1.807) is 13.8 Å². The Labute approximate surface area is 166 Å². The number of likely N-dealkylation sites (tertiary alicyclic amines) is 2. The quantitative estimate of drug-likeness (QED) is 0.702. The fourth-order valence-corrected chi connectivity index (χ4v) is 6.01. The standard InChI is InChI=1S/C18H29N5O4S/c1-4-28(25,26)23-9-15(16-19-13(2)20-27-16)18(12-23)10-22(11-18)17(24)14-5-7-21(3)8-6-14/h14-15H,4-12H2,1-3H3. The molecule has 1 aromatic rings. The van der Waals surface area contributed by atoms with E-state index >= 15 is 0 Å². The molecule has 4 heterocycles. The van der Waals surface area contributed by atoms with Gasteiger partial charge in [0, 0.05) is 37.5 Å². The predicted octanol–water partition coefficient (Wildman–Crippen LogP) is 0.297. The molecule has 3 aliphatic heterocycles. The zero-order chi connectivity index (χ0) is 20.1. The van der Waals surface area contributed by atoms with Gasteiger partial charge in [0.05, 0.1) is 11.7 Å². The van der Waals surface area contributed by atoms with Crippen LogP contribution in [0.4, 0.5) is 0 Å². The highest BCUT2D eigenvalue weighted by Crippen LogP contribution is 2.50. The maximum atomic E-state index is 12.9. The van der Waals surface area contributed by atoms with Crippen molar-refractivity contribution in [1.82, 2.24) is 24.2 Å². The summed E-state index contributed by atoms with van der Waals surface area (Å²) in [5.41, 5.74) is -0.331. The second kappa shape index (κ2) is 7.07. The molecule has 1 unspecified atom stereocenters. The van der Waals surface area contributed by atoms with Crippen molar-refractivity contribution in [1.29, 1.82) is 0 Å². The zero-order valence-electron chi connectivity index (χ0n) is 16.8. The van der Waals surface area contributed by atoms with Crippen LogP contribution in [0.15, 0.2) is 4.52 Å². The van der Waals surface area contributed by atoms with E-state index in [9.17, 15) is 13.2 Å². The molecule has 0 radical (unpaired) electrons. The molecular weight excluding hydrogens is 382 g/mol. The number of sulfonamides is 1. The van der Waals surface area contributed by atoms with Gasteiger partial charge in [0.2, 0.25) is 21.8 Å². The van der Waals surface area contributed by atoms with Gasteiger partial charge in [-0.05, 0) is 46.8 Å². The van der Waals surface area contributed by atoms with E-state index in [1.807, 2.05) is 4.90 Å². The lowest BCUT2D eigenvalue weighted by atomic mass is 9.71. The van der Waals surface area contributed by atoms with Crippen LogP contribution >= 0.6 is 0 Å². The Bertz CT molecular complexity index is 840. The molecule has 3 fully saturated rings. The smallest absolute Gasteiger partial charge is 0.231 e. The SMILES string of the molecule is CCS(=O)(=O)N1CC(c2nc(C)no2)C2(CN(C(=O)C3CCN(C)CC3)C2)C1. The molecule has 1 aromatic heterocycles. The molecule has 4 rings (SSSR count). The molecule has 3 saturated heterocycles. The number of piperidine rings is 1. The molecule has 28 heavy (non-hydrogen) atoms. The van der Waals surface area contributed by atoms with Gasteiger partial charge in [0.1, 0.15) is 0 Å². The van der Waals surface area contributed by atoms with Gasteiger partial charge < -0.3 is 14.3 Å². The first-order chi connectivity index (χ1) is 13.2. The second-order valence-electron chi connectivity index (χ2n) is 8.56. The maximum absolute atomic E-state index is 12.9. The molecule has 10 heteroatoms. The third-order valence-electron chi connectivity index (χ3n) is 6.61. The van der Waals surface area contributed by atoms with Crippen molar-refractivity contribution in [2.45, 2.75) is 32.6 Å². The summed E-state index contributed by atoms with van der Waals surface area (Å²) in [6.07, 6.45) is 1.78. The highest BCUT2D eigenvalue weighted by molar-refractivity contribution is 7.89. The number of carbonyl (C=O) groups excluding carboxylic acids is 1. The summed E-state index contributed by atoms with van der Waals surface area (Å²) in [7, 11) is -1.23. The van der Waals surface area contributed by atoms with Gasteiger partial charge in [0.25, 0.3) is 0 Å². The number of rotatable bonds is 4. The number of hydrogen-bond acceptors (Lipinski definition) is 7. The molecule has 0 bridgehead atoms. The molecule has 3 aliphatic rings. The van der Waals surface area contributed by atoms with Crippen molar-refractivity contribution in [3.05, 3.63) is 11.7 Å². The predicted molar refractivity (Wildman–Crippen MR) is 102 cm³/mol. The molecular formula is C18H29N5O4S. The summed E-state index contributed by atoms with van der Waals surface area (Å²) in [5, 5.41) is 3.89. The van der Waals surface area contributed by atoms with Crippen LogP contribution in [0.1, 0.15) is 37.4 Å². The van der Waals surface area contributed by atoms with Crippen LogP contribution < -0.4 is 0 Å². The van der Waals surface area contributed by atoms with Crippen molar-refractivity contribution < 1.29 is 17.7 Å². The summed E-state index contributed by atoms with van der Waals surface area (Å²) < 4.78 is 31.9. The summed E-state index contributed by atoms with van der Waals surface area (Å²) in [4.78, 5) is 21.5. The number of amides is 1. The van der Waals surface area contributed by atoms with Crippen molar-refractivity contribution in [3.8, 4) is 0 Å². The fourth-order valence-electron chi connectivity index (χ4n) is 4.82. The minimum Gasteiger partial charge on any atom is -0.341 e. The van der Waals surface area contributed by atoms with Gasteiger partial charge in [-0.2, -0.15) is 4.98 Å². The van der Waals surface area contributed by atoms with Gasteiger partial charge in [-0.15, -0.1) is 0 Å². The monoisotopic (exact) mass is 411 g/mol. The van der Waals surface area contributed by atoms with E-state index in [2.05, 4.69) is 22.1 Å². The second-order valence-corrected chi connectivity index (χ2v) is 10.8. The van der Waals surface area contributed by atoms with Gasteiger partial charge in [0.15, 0.2) is 5.82 Å². The van der Waals surface area contributed by atoms with E-state index in [0.29, 0.717) is 37.9 Å². The van der Waals surface area contributed by atoms with Crippen molar-refractivity contribution in [3.63, 3.8) is 0 Å². The molecule has 0 N–H and O–H groups in total. The Morgan fingerprint density at radius 2 is 1.93 bits per heavy atom. The van der Waals surface area contributed by atoms with Crippen LogP contribution in [-0.2, 0) is 14.8 Å². The zero-order valence-corrected chi connectivity index (χ0v) is 17.6. The summed E-state index contributed by atoms with van der Waals surface area (Å²) in [5.74, 6) is 1.21. The first-order valence-electron chi connectivity index (χ1n) is 9.99. The van der Waals surface area contributed by atoms with Crippen molar-refractivity contribution in [2.75, 3.05) is 52.1 Å². The van der Waals surface area contributed by atoms with Gasteiger partial charge >= 0.3 is 0 Å². The lowest BCUT2D eigenvalue weighted by molar-refractivity contribution is -0.149. The highest BCUT2D eigenvalue weighted by Gasteiger charge is 2.59. The molecule has 9 nitrogen and oxygen atoms in total. The molecule has 1 spiro atoms. The fraction of sp³-hybridized carbons (Fsp3) is 0.833. The average Bonchev–Trinajstić information content (AvgIpc) is 3.24. The largest absolute Gasteiger partial charge is 0.341 e. The summed E-state index contributed by atoms with van der Waals surface area (Å²) >= 11 is 0. The Balaban J connectivity index is 1.51. The van der Waals surface area contributed by atoms with Crippen LogP contribution in [0.2, 0.25) is 0 Å². The molecule has 0 saturated carbocycles. The number of carbonyl (C=O) groups is 1. The third-order valence-corrected chi connectivity index (χ3v) is 8.40.